The highest BCUT2D eigenvalue weighted by atomic mass is 19.1. The number of hydrogen-bond donors (Lipinski definition) is 2. The first-order valence-electron chi connectivity index (χ1n) is 5.59. The van der Waals surface area contributed by atoms with E-state index in [4.69, 9.17) is 0 Å². The van der Waals surface area contributed by atoms with Crippen molar-refractivity contribution in [2.24, 2.45) is 0 Å². The summed E-state index contributed by atoms with van der Waals surface area (Å²) in [6.45, 7) is 1.90. The number of benzene rings is 2. The Bertz CT molecular complexity index is 734. The third-order valence-electron chi connectivity index (χ3n) is 2.85. The molecule has 0 saturated carbocycles. The van der Waals surface area contributed by atoms with E-state index in [-0.39, 0.29) is 11.6 Å². The first-order chi connectivity index (χ1) is 8.63. The second-order valence-corrected chi connectivity index (χ2v) is 4.27. The zero-order valence-corrected chi connectivity index (χ0v) is 9.74. The SMILES string of the molecule is Cc1ccc(-c2nc3ccc(F)cc3[nH]2)c(O)c1. The molecule has 4 heteroatoms. The van der Waals surface area contributed by atoms with Crippen LogP contribution in [0.5, 0.6) is 5.75 Å². The van der Waals surface area contributed by atoms with Gasteiger partial charge < -0.3 is 10.1 Å². The fourth-order valence-corrected chi connectivity index (χ4v) is 1.95. The largest absolute Gasteiger partial charge is 0.507 e. The Labute approximate surface area is 103 Å². The molecule has 90 valence electrons. The van der Waals surface area contributed by atoms with Crippen LogP contribution in [-0.2, 0) is 0 Å². The molecule has 0 saturated heterocycles. The van der Waals surface area contributed by atoms with Crippen LogP contribution in [0, 0.1) is 12.7 Å². The van der Waals surface area contributed by atoms with Crippen LogP contribution in [-0.4, -0.2) is 15.1 Å². The number of halogens is 1. The summed E-state index contributed by atoms with van der Waals surface area (Å²) in [4.78, 5) is 7.33. The average molecular weight is 242 g/mol. The second-order valence-electron chi connectivity index (χ2n) is 4.27. The molecule has 1 aromatic heterocycles. The summed E-state index contributed by atoms with van der Waals surface area (Å²) in [5.41, 5.74) is 2.87. The lowest BCUT2D eigenvalue weighted by Crippen LogP contribution is -1.82. The van der Waals surface area contributed by atoms with Crippen molar-refractivity contribution in [2.45, 2.75) is 6.92 Å². The second kappa shape index (κ2) is 3.84. The van der Waals surface area contributed by atoms with Crippen molar-refractivity contribution < 1.29 is 9.50 Å². The third-order valence-corrected chi connectivity index (χ3v) is 2.85. The van der Waals surface area contributed by atoms with Gasteiger partial charge in [0.2, 0.25) is 0 Å². The highest BCUT2D eigenvalue weighted by molar-refractivity contribution is 5.80. The highest BCUT2D eigenvalue weighted by Gasteiger charge is 2.09. The molecule has 18 heavy (non-hydrogen) atoms. The molecule has 0 aliphatic rings. The zero-order chi connectivity index (χ0) is 12.7. The molecule has 0 spiro atoms. The number of phenolic OH excluding ortho intramolecular Hbond substituents is 1. The van der Waals surface area contributed by atoms with Crippen molar-refractivity contribution >= 4 is 11.0 Å². The minimum absolute atomic E-state index is 0.162. The van der Waals surface area contributed by atoms with Gasteiger partial charge in [-0.3, -0.25) is 0 Å². The van der Waals surface area contributed by atoms with Crippen molar-refractivity contribution in [3.8, 4) is 17.1 Å². The van der Waals surface area contributed by atoms with Gasteiger partial charge in [-0.15, -0.1) is 0 Å². The van der Waals surface area contributed by atoms with Gasteiger partial charge in [-0.25, -0.2) is 9.37 Å². The molecule has 1 heterocycles. The normalized spacial score (nSPS) is 11.0. The maximum atomic E-state index is 13.1. The van der Waals surface area contributed by atoms with E-state index in [9.17, 15) is 9.50 Å². The minimum Gasteiger partial charge on any atom is -0.507 e. The molecular weight excluding hydrogens is 231 g/mol. The highest BCUT2D eigenvalue weighted by Crippen LogP contribution is 2.29. The Morgan fingerprint density at radius 3 is 2.78 bits per heavy atom. The van der Waals surface area contributed by atoms with Crippen LogP contribution in [0.15, 0.2) is 36.4 Å². The Morgan fingerprint density at radius 1 is 1.17 bits per heavy atom. The third kappa shape index (κ3) is 1.72. The molecular formula is C14H11FN2O. The van der Waals surface area contributed by atoms with Gasteiger partial charge in [0, 0.05) is 0 Å². The summed E-state index contributed by atoms with van der Waals surface area (Å²) in [6, 6.07) is 9.71. The molecule has 2 aromatic carbocycles. The molecule has 0 fully saturated rings. The van der Waals surface area contributed by atoms with E-state index in [0.717, 1.165) is 5.56 Å². The van der Waals surface area contributed by atoms with Crippen LogP contribution in [0.2, 0.25) is 0 Å². The summed E-state index contributed by atoms with van der Waals surface area (Å²) < 4.78 is 13.1. The summed E-state index contributed by atoms with van der Waals surface area (Å²) in [5, 5.41) is 9.89. The van der Waals surface area contributed by atoms with Crippen molar-refractivity contribution in [3.05, 3.63) is 47.8 Å². The van der Waals surface area contributed by atoms with E-state index in [1.807, 2.05) is 13.0 Å². The Morgan fingerprint density at radius 2 is 2.00 bits per heavy atom. The van der Waals surface area contributed by atoms with E-state index >= 15 is 0 Å². The Balaban J connectivity index is 2.19. The Hall–Kier alpha value is -2.36. The number of nitrogens with one attached hydrogen (secondary N) is 1. The number of aromatic hydroxyl groups is 1. The van der Waals surface area contributed by atoms with Gasteiger partial charge in [0.15, 0.2) is 0 Å². The average Bonchev–Trinajstić information content (AvgIpc) is 2.71. The van der Waals surface area contributed by atoms with Crippen molar-refractivity contribution in [3.63, 3.8) is 0 Å². The van der Waals surface area contributed by atoms with Gasteiger partial charge in [-0.1, -0.05) is 6.07 Å². The maximum absolute atomic E-state index is 13.1. The fourth-order valence-electron chi connectivity index (χ4n) is 1.95. The summed E-state index contributed by atoms with van der Waals surface area (Å²) in [6.07, 6.45) is 0. The predicted molar refractivity (Wildman–Crippen MR) is 67.9 cm³/mol. The molecule has 3 aromatic rings. The van der Waals surface area contributed by atoms with Crippen LogP contribution in [0.3, 0.4) is 0 Å². The van der Waals surface area contributed by atoms with Crippen LogP contribution in [0.25, 0.3) is 22.4 Å². The lowest BCUT2D eigenvalue weighted by molar-refractivity contribution is 0.476. The first kappa shape index (κ1) is 10.8. The van der Waals surface area contributed by atoms with Crippen molar-refractivity contribution in [1.82, 2.24) is 9.97 Å². The number of aromatic nitrogens is 2. The van der Waals surface area contributed by atoms with Crippen LogP contribution in [0.1, 0.15) is 5.56 Å². The monoisotopic (exact) mass is 242 g/mol. The zero-order valence-electron chi connectivity index (χ0n) is 9.74. The van der Waals surface area contributed by atoms with E-state index in [0.29, 0.717) is 22.4 Å². The molecule has 0 amide bonds. The summed E-state index contributed by atoms with van der Waals surface area (Å²) >= 11 is 0. The van der Waals surface area contributed by atoms with Gasteiger partial charge in [0.1, 0.15) is 17.4 Å². The molecule has 0 aliphatic heterocycles. The van der Waals surface area contributed by atoms with E-state index in [1.54, 1.807) is 18.2 Å². The number of hydrogen-bond acceptors (Lipinski definition) is 2. The molecule has 2 N–H and O–H groups in total. The maximum Gasteiger partial charge on any atom is 0.142 e. The number of nitrogens with zero attached hydrogens (tertiary/aromatic N) is 1. The Kier molecular flexibility index (Phi) is 2.30. The topological polar surface area (TPSA) is 48.9 Å². The molecule has 0 radical (unpaired) electrons. The smallest absolute Gasteiger partial charge is 0.142 e. The number of aryl methyl sites for hydroxylation is 1. The molecule has 0 unspecified atom stereocenters. The number of aromatic amines is 1. The van der Waals surface area contributed by atoms with Gasteiger partial charge in [-0.2, -0.15) is 0 Å². The van der Waals surface area contributed by atoms with Gasteiger partial charge in [0.25, 0.3) is 0 Å². The minimum atomic E-state index is -0.314. The van der Waals surface area contributed by atoms with E-state index in [1.165, 1.54) is 12.1 Å². The standard InChI is InChI=1S/C14H11FN2O/c1-8-2-4-10(13(18)6-8)14-16-11-5-3-9(15)7-12(11)17-14/h2-7,18H,1H3,(H,16,17). The van der Waals surface area contributed by atoms with Crippen molar-refractivity contribution in [2.75, 3.05) is 0 Å². The lowest BCUT2D eigenvalue weighted by atomic mass is 10.1. The van der Waals surface area contributed by atoms with Gasteiger partial charge in [-0.05, 0) is 42.8 Å². The summed E-state index contributed by atoms with van der Waals surface area (Å²) in [7, 11) is 0. The molecule has 0 bridgehead atoms. The fraction of sp³-hybridized carbons (Fsp3) is 0.0714. The van der Waals surface area contributed by atoms with Crippen molar-refractivity contribution in [1.29, 1.82) is 0 Å². The quantitative estimate of drug-likeness (QED) is 0.687. The number of H-pyrrole nitrogens is 1. The molecule has 0 atom stereocenters. The number of phenols is 1. The molecule has 0 aliphatic carbocycles. The van der Waals surface area contributed by atoms with Gasteiger partial charge >= 0.3 is 0 Å². The number of fused-ring (bicyclic) bond motifs is 1. The van der Waals surface area contributed by atoms with E-state index in [2.05, 4.69) is 9.97 Å². The van der Waals surface area contributed by atoms with Crippen LogP contribution >= 0.6 is 0 Å². The number of rotatable bonds is 1. The van der Waals surface area contributed by atoms with Crippen LogP contribution < -0.4 is 0 Å². The number of imidazole rings is 1. The van der Waals surface area contributed by atoms with Crippen LogP contribution in [0.4, 0.5) is 4.39 Å². The first-order valence-corrected chi connectivity index (χ1v) is 5.59. The molecule has 3 rings (SSSR count). The molecule has 3 nitrogen and oxygen atoms in total. The summed E-state index contributed by atoms with van der Waals surface area (Å²) in [5.74, 6) is 0.383. The van der Waals surface area contributed by atoms with Gasteiger partial charge in [0.05, 0.1) is 16.6 Å². The lowest BCUT2D eigenvalue weighted by Gasteiger charge is -2.01. The van der Waals surface area contributed by atoms with E-state index < -0.39 is 0 Å². The predicted octanol–water partition coefficient (Wildman–Crippen LogP) is 3.38.